The molecule has 3 heterocycles. The molecule has 2 amide bonds. The molecule has 266 valence electrons. The third-order valence-corrected chi connectivity index (χ3v) is 11.0. The fourth-order valence-electron chi connectivity index (χ4n) is 6.46. The molecular weight excluding hydrogens is 714 g/mol. The van der Waals surface area contributed by atoms with Gasteiger partial charge in [0.05, 0.1) is 0 Å². The average Bonchev–Trinajstić information content (AvgIpc) is 3.66. The number of oxime groups is 1. The third-order valence-electron chi connectivity index (χ3n) is 8.92. The van der Waals surface area contributed by atoms with Gasteiger partial charge in [0.15, 0.2) is 10.8 Å². The van der Waals surface area contributed by atoms with Gasteiger partial charge in [-0.1, -0.05) is 127 Å². The van der Waals surface area contributed by atoms with Crippen LogP contribution in [0.1, 0.15) is 27.9 Å². The SMILES string of the molecule is CON=C(C(=O)NC1C(=O)N2C(C(=O)O)=C(C=Cc3ccccc3F)CS[C@H]12)c1csc(NC(c2ccccc2)(c2ccccc2)c2ccccc2)n1. The van der Waals surface area contributed by atoms with Crippen LogP contribution >= 0.6 is 23.1 Å². The van der Waals surface area contributed by atoms with E-state index in [2.05, 4.69) is 15.8 Å². The fourth-order valence-corrected chi connectivity index (χ4v) is 8.53. The molecule has 1 unspecified atom stereocenters. The van der Waals surface area contributed by atoms with E-state index in [0.717, 1.165) is 21.6 Å². The van der Waals surface area contributed by atoms with Crippen molar-refractivity contribution in [2.75, 3.05) is 18.2 Å². The predicted molar refractivity (Wildman–Crippen MR) is 204 cm³/mol. The number of carbonyl (C=O) groups excluding carboxylic acids is 2. The number of carboxylic acids is 1. The Morgan fingerprint density at radius 3 is 2.08 bits per heavy atom. The Balaban J connectivity index is 1.14. The number of nitrogens with zero attached hydrogens (tertiary/aromatic N) is 3. The van der Waals surface area contributed by atoms with Gasteiger partial charge >= 0.3 is 5.97 Å². The van der Waals surface area contributed by atoms with E-state index in [1.807, 2.05) is 91.0 Å². The molecule has 1 fully saturated rings. The first-order valence-corrected chi connectivity index (χ1v) is 18.4. The van der Waals surface area contributed by atoms with Crippen molar-refractivity contribution in [3.05, 3.63) is 172 Å². The van der Waals surface area contributed by atoms with Crippen LogP contribution in [0, 0.1) is 5.82 Å². The van der Waals surface area contributed by atoms with E-state index < -0.39 is 40.6 Å². The summed E-state index contributed by atoms with van der Waals surface area (Å²) in [6.07, 6.45) is 2.98. The highest BCUT2D eigenvalue weighted by Crippen LogP contribution is 2.42. The first kappa shape index (κ1) is 35.4. The van der Waals surface area contributed by atoms with E-state index in [9.17, 15) is 23.9 Å². The van der Waals surface area contributed by atoms with Crippen molar-refractivity contribution in [2.45, 2.75) is 17.0 Å². The number of halogens is 1. The number of aromatic nitrogens is 1. The molecule has 3 N–H and O–H groups in total. The molecule has 53 heavy (non-hydrogen) atoms. The zero-order valence-corrected chi connectivity index (χ0v) is 29.8. The zero-order chi connectivity index (χ0) is 37.0. The lowest BCUT2D eigenvalue weighted by molar-refractivity contribution is -0.150. The van der Waals surface area contributed by atoms with E-state index in [-0.39, 0.29) is 28.4 Å². The number of allylic oxidation sites excluding steroid dienone is 1. The molecule has 0 bridgehead atoms. The maximum absolute atomic E-state index is 14.2. The van der Waals surface area contributed by atoms with Crippen molar-refractivity contribution >= 4 is 57.8 Å². The number of aliphatic carboxylic acids is 1. The second-order valence-corrected chi connectivity index (χ2v) is 14.0. The summed E-state index contributed by atoms with van der Waals surface area (Å²) >= 11 is 2.57. The molecular formula is C40H32FN5O5S2. The van der Waals surface area contributed by atoms with E-state index in [4.69, 9.17) is 9.82 Å². The van der Waals surface area contributed by atoms with E-state index >= 15 is 0 Å². The summed E-state index contributed by atoms with van der Waals surface area (Å²) < 4.78 is 14.2. The van der Waals surface area contributed by atoms with Crippen LogP contribution in [0.2, 0.25) is 0 Å². The van der Waals surface area contributed by atoms with E-state index in [1.54, 1.807) is 23.6 Å². The van der Waals surface area contributed by atoms with Gasteiger partial charge < -0.3 is 20.6 Å². The summed E-state index contributed by atoms with van der Waals surface area (Å²) in [7, 11) is 1.30. The van der Waals surface area contributed by atoms with Crippen LogP contribution < -0.4 is 10.6 Å². The van der Waals surface area contributed by atoms with Gasteiger partial charge in [-0.3, -0.25) is 14.5 Å². The minimum absolute atomic E-state index is 0.156. The quantitative estimate of drug-likeness (QED) is 0.0572. The number of β-lactam (4-membered cyclic amide) rings is 1. The smallest absolute Gasteiger partial charge is 0.352 e. The van der Waals surface area contributed by atoms with Crippen molar-refractivity contribution in [2.24, 2.45) is 5.16 Å². The molecule has 1 saturated heterocycles. The number of rotatable bonds is 12. The summed E-state index contributed by atoms with van der Waals surface area (Å²) in [5, 5.41) is 21.9. The number of hydrogen-bond acceptors (Lipinski definition) is 9. The molecule has 0 spiro atoms. The van der Waals surface area contributed by atoms with Gasteiger partial charge in [0.25, 0.3) is 11.8 Å². The molecule has 10 nitrogen and oxygen atoms in total. The topological polar surface area (TPSA) is 133 Å². The Morgan fingerprint density at radius 2 is 1.51 bits per heavy atom. The monoisotopic (exact) mass is 745 g/mol. The molecule has 13 heteroatoms. The molecule has 4 aromatic carbocycles. The van der Waals surface area contributed by atoms with Crippen LogP contribution in [0.4, 0.5) is 9.52 Å². The number of carboxylic acid groups (broad SMARTS) is 1. The summed E-state index contributed by atoms with van der Waals surface area (Å²) in [4.78, 5) is 50.5. The standard InChI is InChI=1S/C40H32FN5O5S2/c1-51-45-32(35(47)43-33-36(48)46-34(38(49)50)26(23-52-37(33)46)22-21-25-13-11-12-20-30(25)41)31-24-53-39(42-31)44-40(27-14-5-2-6-15-27,28-16-7-3-8-17-28)29-18-9-4-10-19-29/h2-22,24,33,37H,23H2,1H3,(H,42,44)(H,43,47)(H,49,50)/t33?,37-/m1/s1. The lowest BCUT2D eigenvalue weighted by atomic mass is 9.77. The summed E-state index contributed by atoms with van der Waals surface area (Å²) in [6, 6.07) is 35.1. The highest BCUT2D eigenvalue weighted by molar-refractivity contribution is 8.00. The molecule has 2 aliphatic rings. The van der Waals surface area contributed by atoms with Gasteiger partial charge in [0.2, 0.25) is 0 Å². The lowest BCUT2D eigenvalue weighted by Crippen LogP contribution is -2.71. The lowest BCUT2D eigenvalue weighted by Gasteiger charge is -2.49. The molecule has 2 aliphatic heterocycles. The Kier molecular flexibility index (Phi) is 10.2. The number of benzene rings is 4. The van der Waals surface area contributed by atoms with Gasteiger partial charge in [-0.15, -0.1) is 23.1 Å². The molecule has 0 radical (unpaired) electrons. The van der Waals surface area contributed by atoms with Crippen LogP contribution in [0.25, 0.3) is 6.08 Å². The van der Waals surface area contributed by atoms with Gasteiger partial charge in [0, 0.05) is 16.7 Å². The third kappa shape index (κ3) is 6.84. The number of amides is 2. The summed E-state index contributed by atoms with van der Waals surface area (Å²) in [5.74, 6) is -2.85. The molecule has 7 rings (SSSR count). The summed E-state index contributed by atoms with van der Waals surface area (Å²) in [6.45, 7) is 0. The Hall–Kier alpha value is -6.05. The molecule has 0 saturated carbocycles. The molecule has 2 atom stereocenters. The summed E-state index contributed by atoms with van der Waals surface area (Å²) in [5.41, 5.74) is 2.52. The Labute approximate surface area is 312 Å². The van der Waals surface area contributed by atoms with Crippen LogP contribution in [0.5, 0.6) is 0 Å². The minimum Gasteiger partial charge on any atom is -0.477 e. The van der Waals surface area contributed by atoms with Gasteiger partial charge in [-0.2, -0.15) is 0 Å². The number of hydrogen-bond donors (Lipinski definition) is 3. The Bertz CT molecular complexity index is 2150. The largest absolute Gasteiger partial charge is 0.477 e. The van der Waals surface area contributed by atoms with Crippen LogP contribution in [0.15, 0.2) is 143 Å². The van der Waals surface area contributed by atoms with E-state index in [1.165, 1.54) is 48.4 Å². The van der Waals surface area contributed by atoms with Gasteiger partial charge in [-0.05, 0) is 28.3 Å². The molecule has 1 aromatic heterocycles. The van der Waals surface area contributed by atoms with Crippen molar-refractivity contribution in [1.29, 1.82) is 0 Å². The van der Waals surface area contributed by atoms with Crippen LogP contribution in [0.3, 0.4) is 0 Å². The normalized spacial score (nSPS) is 17.3. The predicted octanol–water partition coefficient (Wildman–Crippen LogP) is 6.49. The van der Waals surface area contributed by atoms with Crippen molar-refractivity contribution in [1.82, 2.24) is 15.2 Å². The van der Waals surface area contributed by atoms with Crippen LogP contribution in [-0.4, -0.2) is 62.8 Å². The first-order valence-electron chi connectivity index (χ1n) is 16.5. The molecule has 5 aromatic rings. The highest BCUT2D eigenvalue weighted by atomic mass is 32.2. The van der Waals surface area contributed by atoms with Crippen molar-refractivity contribution in [3.63, 3.8) is 0 Å². The van der Waals surface area contributed by atoms with Crippen molar-refractivity contribution in [3.8, 4) is 0 Å². The zero-order valence-electron chi connectivity index (χ0n) is 28.2. The number of thioether (sulfide) groups is 1. The second kappa shape index (κ2) is 15.3. The number of nitrogens with one attached hydrogen (secondary N) is 2. The van der Waals surface area contributed by atoms with Gasteiger partial charge in [0.1, 0.15) is 41.3 Å². The van der Waals surface area contributed by atoms with Gasteiger partial charge in [-0.25, -0.2) is 14.2 Å². The highest BCUT2D eigenvalue weighted by Gasteiger charge is 2.54. The molecule has 0 aliphatic carbocycles. The number of fused-ring (bicyclic) bond motifs is 1. The first-order chi connectivity index (χ1) is 25.8. The second-order valence-electron chi connectivity index (χ2n) is 12.0. The maximum atomic E-state index is 14.2. The number of thiazole rings is 1. The average molecular weight is 746 g/mol. The fraction of sp³-hybridized carbons (Fsp3) is 0.125. The minimum atomic E-state index is -1.30. The van der Waals surface area contributed by atoms with Crippen LogP contribution in [-0.2, 0) is 24.8 Å². The Morgan fingerprint density at radius 1 is 0.925 bits per heavy atom. The number of carbonyl (C=O) groups is 3. The van der Waals surface area contributed by atoms with E-state index in [0.29, 0.717) is 10.7 Å². The maximum Gasteiger partial charge on any atom is 0.352 e. The van der Waals surface area contributed by atoms with Crippen molar-refractivity contribution < 1.29 is 28.7 Å². The number of anilines is 1.